The van der Waals surface area contributed by atoms with Crippen LogP contribution in [0, 0.1) is 5.92 Å². The van der Waals surface area contributed by atoms with E-state index in [2.05, 4.69) is 6.92 Å². The van der Waals surface area contributed by atoms with E-state index in [-0.39, 0.29) is 6.61 Å². The Morgan fingerprint density at radius 2 is 2.00 bits per heavy atom. The summed E-state index contributed by atoms with van der Waals surface area (Å²) in [6.07, 6.45) is 7.16. The smallest absolute Gasteiger partial charge is 0.103 e. The Morgan fingerprint density at radius 1 is 1.35 bits per heavy atom. The molecule has 0 aromatic rings. The van der Waals surface area contributed by atoms with Crippen molar-refractivity contribution in [3.63, 3.8) is 0 Å². The topological polar surface area (TPSA) is 66.4 Å². The van der Waals surface area contributed by atoms with Crippen molar-refractivity contribution < 1.29 is 17.7 Å². The third-order valence-corrected chi connectivity index (χ3v) is 5.64. The highest BCUT2D eigenvalue weighted by Crippen LogP contribution is 2.46. The maximum absolute atomic E-state index is 11.1. The summed E-state index contributed by atoms with van der Waals surface area (Å²) in [6, 6.07) is 0. The van der Waals surface area contributed by atoms with Crippen LogP contribution < -0.4 is 0 Å². The van der Waals surface area contributed by atoms with Crippen molar-refractivity contribution >= 4 is 10.1 Å². The second-order valence-corrected chi connectivity index (χ2v) is 7.00. The van der Waals surface area contributed by atoms with Crippen LogP contribution in [0.5, 0.6) is 0 Å². The zero-order valence-electron chi connectivity index (χ0n) is 10.4. The fourth-order valence-corrected chi connectivity index (χ4v) is 4.21. The number of ether oxygens (including phenoxy) is 1. The van der Waals surface area contributed by atoms with Crippen LogP contribution in [-0.2, 0) is 14.9 Å². The zero-order chi connectivity index (χ0) is 12.5. The van der Waals surface area contributed by atoms with Gasteiger partial charge in [0.1, 0.15) is 15.4 Å². The Hall–Kier alpha value is -0.130. The summed E-state index contributed by atoms with van der Waals surface area (Å²) in [6.45, 7) is 2.28. The molecule has 0 aromatic carbocycles. The van der Waals surface area contributed by atoms with Gasteiger partial charge >= 0.3 is 0 Å². The molecule has 2 rings (SSSR count). The average Bonchev–Trinajstić information content (AvgIpc) is 2.23. The molecule has 0 bridgehead atoms. The van der Waals surface area contributed by atoms with Crippen LogP contribution in [0.4, 0.5) is 0 Å². The molecular weight excluding hydrogens is 240 g/mol. The fourth-order valence-electron chi connectivity index (χ4n) is 3.15. The lowest BCUT2D eigenvalue weighted by Crippen LogP contribution is -2.62. The third kappa shape index (κ3) is 2.66. The lowest BCUT2D eigenvalue weighted by atomic mass is 9.73. The van der Waals surface area contributed by atoms with Gasteiger partial charge in [-0.15, -0.1) is 0 Å². The second-order valence-electron chi connectivity index (χ2n) is 5.44. The normalized spacial score (nSPS) is 38.0. The fraction of sp³-hybridized carbons (Fsp3) is 1.00. The highest BCUT2D eigenvalue weighted by molar-refractivity contribution is 7.86. The first kappa shape index (κ1) is 13.3. The molecule has 1 aliphatic heterocycles. The molecule has 0 N–H and O–H groups in total. The average molecular weight is 261 g/mol. The minimum absolute atomic E-state index is 0.103. The number of hydrogen-bond donors (Lipinski definition) is 0. The summed E-state index contributed by atoms with van der Waals surface area (Å²) < 4.78 is 38.8. The van der Waals surface area contributed by atoms with Crippen molar-refractivity contribution in [1.82, 2.24) is 0 Å². The van der Waals surface area contributed by atoms with Crippen LogP contribution in [0.15, 0.2) is 0 Å². The van der Waals surface area contributed by atoms with Crippen LogP contribution in [0.1, 0.15) is 51.9 Å². The predicted molar refractivity (Wildman–Crippen MR) is 63.7 cm³/mol. The standard InChI is InChI=1S/C12H22O4S/c1-2-3-4-10-5-7-12(8-6-10)11(9-16-12)17(13,14)15/h10-11H,2-9H2,1H3,(H,13,14,15)/p-1. The maximum atomic E-state index is 11.1. The molecule has 1 spiro atoms. The monoisotopic (exact) mass is 261 g/mol. The molecule has 0 radical (unpaired) electrons. The number of rotatable bonds is 4. The molecular formula is C12H21O4S-. The highest BCUT2D eigenvalue weighted by atomic mass is 32.2. The minimum atomic E-state index is -4.18. The van der Waals surface area contributed by atoms with E-state index in [0.717, 1.165) is 25.7 Å². The molecule has 0 aromatic heterocycles. The Bertz CT molecular complexity index is 355. The molecule has 0 amide bonds. The molecule has 2 fully saturated rings. The van der Waals surface area contributed by atoms with Gasteiger partial charge in [0.15, 0.2) is 0 Å². The van der Waals surface area contributed by atoms with Gasteiger partial charge in [-0.3, -0.25) is 0 Å². The molecule has 1 heterocycles. The Balaban J connectivity index is 1.90. The third-order valence-electron chi connectivity index (χ3n) is 4.37. The summed E-state index contributed by atoms with van der Waals surface area (Å²) in [5.41, 5.74) is -0.622. The lowest BCUT2D eigenvalue weighted by Gasteiger charge is -2.53. The van der Waals surface area contributed by atoms with Gasteiger partial charge in [0.05, 0.1) is 12.2 Å². The Morgan fingerprint density at radius 3 is 2.41 bits per heavy atom. The van der Waals surface area contributed by atoms with Crippen molar-refractivity contribution in [2.75, 3.05) is 6.61 Å². The minimum Gasteiger partial charge on any atom is -0.748 e. The lowest BCUT2D eigenvalue weighted by molar-refractivity contribution is -0.166. The van der Waals surface area contributed by atoms with Crippen molar-refractivity contribution in [2.24, 2.45) is 5.92 Å². The van der Waals surface area contributed by atoms with E-state index in [4.69, 9.17) is 4.74 Å². The van der Waals surface area contributed by atoms with Crippen molar-refractivity contribution in [1.29, 1.82) is 0 Å². The summed E-state index contributed by atoms with van der Waals surface area (Å²) in [5, 5.41) is -0.790. The summed E-state index contributed by atoms with van der Waals surface area (Å²) in [7, 11) is -4.18. The number of unbranched alkanes of at least 4 members (excludes halogenated alkanes) is 1. The van der Waals surface area contributed by atoms with Gasteiger partial charge in [0.2, 0.25) is 0 Å². The van der Waals surface area contributed by atoms with Crippen molar-refractivity contribution in [3.8, 4) is 0 Å². The van der Waals surface area contributed by atoms with Crippen molar-refractivity contribution in [2.45, 2.75) is 62.7 Å². The largest absolute Gasteiger partial charge is 0.748 e. The molecule has 1 atom stereocenters. The summed E-state index contributed by atoms with van der Waals surface area (Å²) in [4.78, 5) is 0. The van der Waals surface area contributed by atoms with E-state index in [1.807, 2.05) is 0 Å². The van der Waals surface area contributed by atoms with Gasteiger partial charge in [0.25, 0.3) is 0 Å². The Labute approximate surface area is 103 Å². The van der Waals surface area contributed by atoms with E-state index in [1.54, 1.807) is 0 Å². The van der Waals surface area contributed by atoms with Crippen molar-refractivity contribution in [3.05, 3.63) is 0 Å². The summed E-state index contributed by atoms with van der Waals surface area (Å²) in [5.74, 6) is 0.694. The van der Waals surface area contributed by atoms with Crippen LogP contribution in [0.25, 0.3) is 0 Å². The van der Waals surface area contributed by atoms with Gasteiger partial charge in [-0.1, -0.05) is 26.2 Å². The maximum Gasteiger partial charge on any atom is 0.103 e. The first-order valence-corrected chi connectivity index (χ1v) is 8.04. The van der Waals surface area contributed by atoms with Gasteiger partial charge in [-0.25, -0.2) is 8.42 Å². The van der Waals surface area contributed by atoms with E-state index in [1.165, 1.54) is 19.3 Å². The molecule has 2 aliphatic rings. The van der Waals surface area contributed by atoms with E-state index >= 15 is 0 Å². The zero-order valence-corrected chi connectivity index (χ0v) is 11.2. The van der Waals surface area contributed by atoms with Crippen LogP contribution in [-0.4, -0.2) is 30.4 Å². The van der Waals surface area contributed by atoms with E-state index < -0.39 is 21.0 Å². The number of hydrogen-bond acceptors (Lipinski definition) is 4. The first-order chi connectivity index (χ1) is 7.98. The van der Waals surface area contributed by atoms with Crippen LogP contribution in [0.2, 0.25) is 0 Å². The molecule has 17 heavy (non-hydrogen) atoms. The van der Waals surface area contributed by atoms with E-state index in [0.29, 0.717) is 5.92 Å². The summed E-state index contributed by atoms with van der Waals surface area (Å²) >= 11 is 0. The van der Waals surface area contributed by atoms with Crippen LogP contribution >= 0.6 is 0 Å². The molecule has 1 aliphatic carbocycles. The molecule has 1 saturated heterocycles. The predicted octanol–water partition coefficient (Wildman–Crippen LogP) is 2.05. The Kier molecular flexibility index (Phi) is 3.80. The molecule has 4 nitrogen and oxygen atoms in total. The van der Waals surface area contributed by atoms with Gasteiger partial charge in [0, 0.05) is 0 Å². The molecule has 1 unspecified atom stereocenters. The van der Waals surface area contributed by atoms with E-state index in [9.17, 15) is 13.0 Å². The molecule has 100 valence electrons. The van der Waals surface area contributed by atoms with Gasteiger partial charge in [-0.05, 0) is 31.6 Å². The van der Waals surface area contributed by atoms with Crippen LogP contribution in [0.3, 0.4) is 0 Å². The van der Waals surface area contributed by atoms with Gasteiger partial charge < -0.3 is 9.29 Å². The SMILES string of the molecule is CCCCC1CCC2(CC1)OCC2S(=O)(=O)[O-]. The quantitative estimate of drug-likeness (QED) is 0.726. The second kappa shape index (κ2) is 4.86. The molecule has 5 heteroatoms. The highest BCUT2D eigenvalue weighted by Gasteiger charge is 2.53. The molecule has 1 saturated carbocycles. The van der Waals surface area contributed by atoms with Gasteiger partial charge in [-0.2, -0.15) is 0 Å². The first-order valence-electron chi connectivity index (χ1n) is 6.56.